The van der Waals surface area contributed by atoms with E-state index in [4.69, 9.17) is 4.74 Å². The number of H-pyrrole nitrogens is 1. The number of nitrogens with zero attached hydrogens (tertiary/aromatic N) is 5. The van der Waals surface area contributed by atoms with Gasteiger partial charge >= 0.3 is 6.03 Å². The molecule has 14 nitrogen and oxygen atoms in total. The van der Waals surface area contributed by atoms with Crippen molar-refractivity contribution in [2.75, 3.05) is 49.5 Å². The number of benzene rings is 4. The van der Waals surface area contributed by atoms with E-state index >= 15 is 8.78 Å². The first-order valence-corrected chi connectivity index (χ1v) is 23.1. The number of likely N-dealkylation sites (tertiary alicyclic amines) is 2. The average molecular weight is 925 g/mol. The van der Waals surface area contributed by atoms with Crippen LogP contribution in [-0.2, 0) is 16.9 Å². The van der Waals surface area contributed by atoms with Crippen LogP contribution in [0.2, 0.25) is 0 Å². The molecule has 4 aromatic carbocycles. The number of rotatable bonds is 11. The summed E-state index contributed by atoms with van der Waals surface area (Å²) < 4.78 is 36.0. The number of urea groups is 1. The van der Waals surface area contributed by atoms with Crippen LogP contribution in [0.1, 0.15) is 90.3 Å². The summed E-state index contributed by atoms with van der Waals surface area (Å²) >= 11 is 0. The second-order valence-electron chi connectivity index (χ2n) is 18.6. The van der Waals surface area contributed by atoms with Crippen molar-refractivity contribution < 1.29 is 37.8 Å². The highest BCUT2D eigenvalue weighted by molar-refractivity contribution is 6.07. The SMILES string of the molecule is CCOc1ccc(C(=O)N2CCC3(CCN(Cc4ccc(-c5cc6c(-c7cc(F)cc(NC(=O)c8ccc(C(C)(C)O)cc8F)c7C)ncnc6[nH]5)cc4)CC3)CC2)cc1N1CCC(=O)NC1=O. The fourth-order valence-electron chi connectivity index (χ4n) is 9.67. The first-order valence-electron chi connectivity index (χ1n) is 23.1. The first kappa shape index (κ1) is 46.1. The van der Waals surface area contributed by atoms with Gasteiger partial charge in [-0.25, -0.2) is 23.5 Å². The van der Waals surface area contributed by atoms with Gasteiger partial charge in [0.1, 0.15) is 29.4 Å². The Bertz CT molecular complexity index is 2930. The Kier molecular flexibility index (Phi) is 12.6. The molecule has 0 bridgehead atoms. The number of aromatic nitrogens is 3. The van der Waals surface area contributed by atoms with Gasteiger partial charge in [-0.1, -0.05) is 30.3 Å². The molecule has 0 unspecified atom stereocenters. The minimum atomic E-state index is -1.29. The molecule has 0 aliphatic carbocycles. The molecule has 16 heteroatoms. The number of carbonyl (C=O) groups excluding carboxylic acids is 4. The molecule has 4 N–H and O–H groups in total. The fourth-order valence-corrected chi connectivity index (χ4v) is 9.67. The van der Waals surface area contributed by atoms with Crippen LogP contribution in [0, 0.1) is 24.0 Å². The zero-order chi connectivity index (χ0) is 47.9. The third kappa shape index (κ3) is 9.43. The molecule has 9 rings (SSSR count). The Morgan fingerprint density at radius 2 is 1.63 bits per heavy atom. The molecule has 3 aliphatic heterocycles. The standard InChI is InChI=1S/C52H54F2N8O6/c1-5-68-44-13-10-34(24-43(44)62-19-14-45(63)59-50(62)66)49(65)61-22-17-52(18-23-61)15-20-60(21-16-52)29-32-6-8-33(9-7-32)42-28-39-46(55-30-56-47(39)57-42)38-26-36(53)27-41(31(38)2)58-48(64)37-12-11-35(25-40(37)54)51(3,4)67/h6-13,24-28,30,67H,5,14-23,29H2,1-4H3,(H,58,64)(H,55,56,57)(H,59,63,66). The van der Waals surface area contributed by atoms with Crippen molar-refractivity contribution in [2.45, 2.75) is 71.9 Å². The van der Waals surface area contributed by atoms with Crippen molar-refractivity contribution in [2.24, 2.45) is 5.41 Å². The fraction of sp³-hybridized carbons (Fsp3) is 0.346. The largest absolute Gasteiger partial charge is 0.492 e. The van der Waals surface area contributed by atoms with Crippen LogP contribution in [0.25, 0.3) is 33.5 Å². The number of halogens is 2. The molecule has 352 valence electrons. The molecule has 2 aromatic heterocycles. The summed E-state index contributed by atoms with van der Waals surface area (Å²) in [5.41, 5.74) is 5.02. The van der Waals surface area contributed by atoms with Crippen molar-refractivity contribution in [3.63, 3.8) is 0 Å². The molecule has 3 saturated heterocycles. The lowest BCUT2D eigenvalue weighted by atomic mass is 9.71. The van der Waals surface area contributed by atoms with E-state index in [0.717, 1.165) is 62.6 Å². The van der Waals surface area contributed by atoms with Gasteiger partial charge in [-0.3, -0.25) is 29.5 Å². The molecule has 3 fully saturated rings. The van der Waals surface area contributed by atoms with Gasteiger partial charge in [0, 0.05) is 60.5 Å². The molecule has 3 aliphatic rings. The predicted octanol–water partition coefficient (Wildman–Crippen LogP) is 8.72. The van der Waals surface area contributed by atoms with Crippen LogP contribution in [0.5, 0.6) is 5.75 Å². The Morgan fingerprint density at radius 1 is 0.897 bits per heavy atom. The Balaban J connectivity index is 0.817. The molecule has 5 heterocycles. The van der Waals surface area contributed by atoms with E-state index in [2.05, 4.69) is 54.8 Å². The van der Waals surface area contributed by atoms with E-state index in [-0.39, 0.29) is 41.4 Å². The number of aliphatic hydroxyl groups is 1. The van der Waals surface area contributed by atoms with Crippen LogP contribution in [-0.4, -0.2) is 92.9 Å². The number of amides is 5. The topological polar surface area (TPSA) is 173 Å². The Hall–Kier alpha value is -7.04. The van der Waals surface area contributed by atoms with Gasteiger partial charge in [0.15, 0.2) is 0 Å². The van der Waals surface area contributed by atoms with E-state index in [1.807, 2.05) is 17.9 Å². The van der Waals surface area contributed by atoms with E-state index in [0.29, 0.717) is 70.1 Å². The monoisotopic (exact) mass is 924 g/mol. The molecule has 5 amide bonds. The van der Waals surface area contributed by atoms with Crippen LogP contribution in [0.3, 0.4) is 0 Å². The lowest BCUT2D eigenvalue weighted by Gasteiger charge is -2.47. The van der Waals surface area contributed by atoms with Gasteiger partial charge < -0.3 is 25.0 Å². The highest BCUT2D eigenvalue weighted by atomic mass is 19.1. The minimum absolute atomic E-state index is 0.0787. The maximum absolute atomic E-state index is 15.2. The van der Waals surface area contributed by atoms with E-state index in [1.165, 1.54) is 54.9 Å². The first-order chi connectivity index (χ1) is 32.6. The van der Waals surface area contributed by atoms with Crippen molar-refractivity contribution >= 4 is 46.2 Å². The maximum atomic E-state index is 15.2. The minimum Gasteiger partial charge on any atom is -0.492 e. The number of imide groups is 1. The number of ether oxygens (including phenoxy) is 1. The van der Waals surface area contributed by atoms with Crippen LogP contribution < -0.4 is 20.3 Å². The van der Waals surface area contributed by atoms with Crippen LogP contribution in [0.4, 0.5) is 25.0 Å². The highest BCUT2D eigenvalue weighted by Crippen LogP contribution is 2.42. The summed E-state index contributed by atoms with van der Waals surface area (Å²) in [6, 6.07) is 21.4. The van der Waals surface area contributed by atoms with Gasteiger partial charge in [-0.05, 0) is 143 Å². The molecule has 0 saturated carbocycles. The van der Waals surface area contributed by atoms with Crippen molar-refractivity contribution in [1.82, 2.24) is 30.1 Å². The number of nitrogens with one attached hydrogen (secondary N) is 3. The van der Waals surface area contributed by atoms with Gasteiger partial charge in [0.2, 0.25) is 5.91 Å². The van der Waals surface area contributed by atoms with Crippen molar-refractivity contribution in [3.8, 4) is 28.3 Å². The summed E-state index contributed by atoms with van der Waals surface area (Å²) in [4.78, 5) is 69.7. The summed E-state index contributed by atoms with van der Waals surface area (Å²) in [5.74, 6) is -2.09. The number of anilines is 2. The van der Waals surface area contributed by atoms with E-state index in [9.17, 15) is 24.3 Å². The smallest absolute Gasteiger partial charge is 0.328 e. The van der Waals surface area contributed by atoms with Gasteiger partial charge in [-0.15, -0.1) is 0 Å². The van der Waals surface area contributed by atoms with Crippen molar-refractivity contribution in [3.05, 3.63) is 125 Å². The Labute approximate surface area is 392 Å². The summed E-state index contributed by atoms with van der Waals surface area (Å²) in [6.07, 6.45) is 5.53. The van der Waals surface area contributed by atoms with Gasteiger partial charge in [0.25, 0.3) is 11.8 Å². The lowest BCUT2D eigenvalue weighted by Crippen LogP contribution is -2.50. The van der Waals surface area contributed by atoms with Crippen molar-refractivity contribution in [1.29, 1.82) is 0 Å². The van der Waals surface area contributed by atoms with E-state index in [1.54, 1.807) is 25.1 Å². The van der Waals surface area contributed by atoms with Crippen LogP contribution in [0.15, 0.2) is 85.2 Å². The van der Waals surface area contributed by atoms with Gasteiger partial charge in [0.05, 0.1) is 29.2 Å². The average Bonchev–Trinajstić information content (AvgIpc) is 3.76. The highest BCUT2D eigenvalue weighted by Gasteiger charge is 2.39. The molecular weight excluding hydrogens is 871 g/mol. The number of aromatic amines is 1. The normalized spacial score (nSPS) is 16.6. The van der Waals surface area contributed by atoms with E-state index < -0.39 is 29.2 Å². The Morgan fingerprint density at radius 3 is 2.32 bits per heavy atom. The number of hydrogen-bond acceptors (Lipinski definition) is 9. The summed E-state index contributed by atoms with van der Waals surface area (Å²) in [7, 11) is 0. The zero-order valence-corrected chi connectivity index (χ0v) is 38.5. The molecule has 6 aromatic rings. The number of carbonyl (C=O) groups is 4. The number of piperidine rings is 2. The molecule has 0 atom stereocenters. The third-order valence-electron chi connectivity index (χ3n) is 13.8. The maximum Gasteiger partial charge on any atom is 0.328 e. The molecule has 0 radical (unpaired) electrons. The van der Waals surface area contributed by atoms with Gasteiger partial charge in [-0.2, -0.15) is 0 Å². The number of hydrogen-bond donors (Lipinski definition) is 4. The predicted molar refractivity (Wildman–Crippen MR) is 254 cm³/mol. The summed E-state index contributed by atoms with van der Waals surface area (Å²) in [6.45, 7) is 11.3. The quantitative estimate of drug-likeness (QED) is 0.0992. The number of fused-ring (bicyclic) bond motifs is 1. The molecule has 1 spiro atoms. The zero-order valence-electron chi connectivity index (χ0n) is 38.5. The second-order valence-corrected chi connectivity index (χ2v) is 18.6. The molecule has 68 heavy (non-hydrogen) atoms. The van der Waals surface area contributed by atoms with Crippen LogP contribution >= 0.6 is 0 Å². The summed E-state index contributed by atoms with van der Waals surface area (Å²) in [5, 5.41) is 15.9. The molecular formula is C52H54F2N8O6. The second kappa shape index (κ2) is 18.6. The lowest BCUT2D eigenvalue weighted by molar-refractivity contribution is -0.120. The third-order valence-corrected chi connectivity index (χ3v) is 13.8.